The van der Waals surface area contributed by atoms with Gasteiger partial charge in [0.15, 0.2) is 0 Å². The average molecular weight is 414 g/mol. The molecule has 0 amide bonds. The molecule has 4 rings (SSSR count). The number of fused-ring (bicyclic) bond motifs is 1. The number of nitrogens with zero attached hydrogens (tertiary/aromatic N) is 1. The Balaban J connectivity index is 1.43. The fraction of sp³-hybridized carbons (Fsp3) is 0.364. The van der Waals surface area contributed by atoms with E-state index in [-0.39, 0.29) is 6.61 Å². The SMILES string of the molecule is CCOP(=O)(OC)Oc1cccc(C2CCN(Cc3c[nH]c4ccccc34)C2)c1. The van der Waals surface area contributed by atoms with Gasteiger partial charge in [0, 0.05) is 37.3 Å². The summed E-state index contributed by atoms with van der Waals surface area (Å²) in [5.41, 5.74) is 3.69. The Bertz CT molecular complexity index is 1020. The Labute approximate surface area is 171 Å². The van der Waals surface area contributed by atoms with Gasteiger partial charge in [0.1, 0.15) is 5.75 Å². The largest absolute Gasteiger partial charge is 0.529 e. The molecule has 0 spiro atoms. The number of H-pyrrole nitrogens is 1. The average Bonchev–Trinajstić information content (AvgIpc) is 3.36. The number of hydrogen-bond donors (Lipinski definition) is 1. The zero-order chi connectivity index (χ0) is 20.3. The van der Waals surface area contributed by atoms with E-state index >= 15 is 0 Å². The van der Waals surface area contributed by atoms with Gasteiger partial charge in [0.2, 0.25) is 0 Å². The second-order valence-electron chi connectivity index (χ2n) is 7.29. The molecule has 1 aliphatic rings. The van der Waals surface area contributed by atoms with Crippen LogP contribution in [0.3, 0.4) is 0 Å². The van der Waals surface area contributed by atoms with Crippen molar-refractivity contribution < 1.29 is 18.1 Å². The predicted octanol–water partition coefficient (Wildman–Crippen LogP) is 5.33. The molecule has 2 heterocycles. The fourth-order valence-electron chi connectivity index (χ4n) is 3.98. The van der Waals surface area contributed by atoms with E-state index in [4.69, 9.17) is 13.6 Å². The third-order valence-corrected chi connectivity index (χ3v) is 6.85. The van der Waals surface area contributed by atoms with Gasteiger partial charge in [-0.3, -0.25) is 13.9 Å². The van der Waals surface area contributed by atoms with Crippen LogP contribution in [0, 0.1) is 0 Å². The van der Waals surface area contributed by atoms with E-state index in [9.17, 15) is 4.57 Å². The standard InChI is InChI=1S/C22H27N2O4P/c1-3-27-29(25,26-2)28-20-8-6-7-17(13-20)18-11-12-24(15-18)16-19-14-23-22-10-5-4-9-21(19)22/h4-10,13-14,18,23H,3,11-12,15-16H2,1-2H3. The second-order valence-corrected chi connectivity index (χ2v) is 8.99. The monoisotopic (exact) mass is 414 g/mol. The van der Waals surface area contributed by atoms with Crippen LogP contribution in [-0.2, 0) is 20.2 Å². The van der Waals surface area contributed by atoms with Gasteiger partial charge in [-0.25, -0.2) is 4.57 Å². The van der Waals surface area contributed by atoms with Crippen molar-refractivity contribution >= 4 is 18.7 Å². The van der Waals surface area contributed by atoms with E-state index < -0.39 is 7.82 Å². The molecule has 0 aliphatic carbocycles. The van der Waals surface area contributed by atoms with E-state index in [2.05, 4.69) is 46.4 Å². The first kappa shape index (κ1) is 20.2. The molecule has 1 aliphatic heterocycles. The topological polar surface area (TPSA) is 63.8 Å². The Morgan fingerprint density at radius 2 is 2.07 bits per heavy atom. The highest BCUT2D eigenvalue weighted by molar-refractivity contribution is 7.48. The third kappa shape index (κ3) is 4.57. The first-order valence-corrected chi connectivity index (χ1v) is 11.4. The van der Waals surface area contributed by atoms with Gasteiger partial charge in [-0.05, 0) is 55.1 Å². The lowest BCUT2D eigenvalue weighted by Gasteiger charge is -2.18. The molecule has 0 radical (unpaired) electrons. The number of hydrogen-bond acceptors (Lipinski definition) is 5. The van der Waals surface area contributed by atoms with Gasteiger partial charge in [-0.1, -0.05) is 30.3 Å². The minimum absolute atomic E-state index is 0.260. The lowest BCUT2D eigenvalue weighted by atomic mass is 9.98. The maximum absolute atomic E-state index is 12.4. The summed E-state index contributed by atoms with van der Waals surface area (Å²) in [5.74, 6) is 0.925. The Hall–Kier alpha value is -2.11. The zero-order valence-corrected chi connectivity index (χ0v) is 17.7. The number of nitrogens with one attached hydrogen (secondary N) is 1. The molecule has 7 heteroatoms. The lowest BCUT2D eigenvalue weighted by molar-refractivity contribution is 0.187. The Morgan fingerprint density at radius 1 is 1.21 bits per heavy atom. The van der Waals surface area contributed by atoms with E-state index in [0.29, 0.717) is 11.7 Å². The Morgan fingerprint density at radius 3 is 2.90 bits per heavy atom. The van der Waals surface area contributed by atoms with Crippen LogP contribution < -0.4 is 4.52 Å². The quantitative estimate of drug-likeness (QED) is 0.505. The van der Waals surface area contributed by atoms with Crippen LogP contribution >= 0.6 is 7.82 Å². The summed E-state index contributed by atoms with van der Waals surface area (Å²) in [6, 6.07) is 16.2. The minimum Gasteiger partial charge on any atom is -0.404 e. The van der Waals surface area contributed by atoms with E-state index in [1.807, 2.05) is 12.1 Å². The molecule has 3 aromatic rings. The maximum Gasteiger partial charge on any atom is 0.529 e. The summed E-state index contributed by atoms with van der Waals surface area (Å²) >= 11 is 0. The van der Waals surface area contributed by atoms with E-state index in [0.717, 1.165) is 26.1 Å². The second kappa shape index (κ2) is 8.72. The zero-order valence-electron chi connectivity index (χ0n) is 16.8. The van der Waals surface area contributed by atoms with Crippen LogP contribution in [-0.4, -0.2) is 36.7 Å². The highest BCUT2D eigenvalue weighted by Crippen LogP contribution is 2.48. The minimum atomic E-state index is -3.56. The van der Waals surface area contributed by atoms with E-state index in [1.165, 1.54) is 29.1 Å². The highest BCUT2D eigenvalue weighted by atomic mass is 31.2. The molecule has 0 saturated carbocycles. The molecule has 2 atom stereocenters. The highest BCUT2D eigenvalue weighted by Gasteiger charge is 2.28. The third-order valence-electron chi connectivity index (χ3n) is 5.40. The summed E-state index contributed by atoms with van der Waals surface area (Å²) in [7, 11) is -2.23. The number of para-hydroxylation sites is 1. The van der Waals surface area contributed by atoms with Crippen molar-refractivity contribution in [1.29, 1.82) is 0 Å². The molecule has 1 aromatic heterocycles. The Kier molecular flexibility index (Phi) is 6.07. The molecule has 2 unspecified atom stereocenters. The van der Waals surface area contributed by atoms with Gasteiger partial charge in [0.05, 0.1) is 6.61 Å². The molecule has 1 fully saturated rings. The number of phosphoric ester groups is 1. The van der Waals surface area contributed by atoms with Crippen molar-refractivity contribution in [3.05, 3.63) is 65.9 Å². The van der Waals surface area contributed by atoms with Crippen LogP contribution in [0.25, 0.3) is 10.9 Å². The van der Waals surface area contributed by atoms with Gasteiger partial charge in [-0.15, -0.1) is 0 Å². The molecule has 2 aromatic carbocycles. The van der Waals surface area contributed by atoms with E-state index in [1.54, 1.807) is 13.0 Å². The van der Waals surface area contributed by atoms with Crippen LogP contribution in [0.15, 0.2) is 54.7 Å². The molecule has 1 N–H and O–H groups in total. The van der Waals surface area contributed by atoms with Gasteiger partial charge < -0.3 is 9.51 Å². The van der Waals surface area contributed by atoms with Crippen molar-refractivity contribution in [1.82, 2.24) is 9.88 Å². The van der Waals surface area contributed by atoms with Gasteiger partial charge in [0.25, 0.3) is 0 Å². The van der Waals surface area contributed by atoms with Crippen molar-refractivity contribution in [3.63, 3.8) is 0 Å². The fourth-order valence-corrected chi connectivity index (χ4v) is 4.90. The summed E-state index contributed by atoms with van der Waals surface area (Å²) in [6.07, 6.45) is 3.20. The van der Waals surface area contributed by atoms with Crippen molar-refractivity contribution in [2.45, 2.75) is 25.8 Å². The van der Waals surface area contributed by atoms with Gasteiger partial charge in [-0.2, -0.15) is 0 Å². The van der Waals surface area contributed by atoms with Crippen LogP contribution in [0.2, 0.25) is 0 Å². The number of rotatable bonds is 8. The number of aromatic nitrogens is 1. The van der Waals surface area contributed by atoms with Crippen molar-refractivity contribution in [2.24, 2.45) is 0 Å². The summed E-state index contributed by atoms with van der Waals surface area (Å²) < 4.78 is 28.1. The molecular weight excluding hydrogens is 387 g/mol. The smallest absolute Gasteiger partial charge is 0.404 e. The van der Waals surface area contributed by atoms with Crippen molar-refractivity contribution in [2.75, 3.05) is 26.8 Å². The van der Waals surface area contributed by atoms with Crippen LogP contribution in [0.1, 0.15) is 30.4 Å². The van der Waals surface area contributed by atoms with Crippen LogP contribution in [0.4, 0.5) is 0 Å². The molecule has 0 bridgehead atoms. The molecule has 6 nitrogen and oxygen atoms in total. The summed E-state index contributed by atoms with van der Waals surface area (Å²) in [4.78, 5) is 5.84. The van der Waals surface area contributed by atoms with Crippen molar-refractivity contribution in [3.8, 4) is 5.75 Å². The number of benzene rings is 2. The molecular formula is C22H27N2O4P. The first-order chi connectivity index (χ1) is 14.1. The summed E-state index contributed by atoms with van der Waals surface area (Å²) in [6.45, 7) is 4.98. The number of aromatic amines is 1. The normalized spacial score (nSPS) is 19.4. The lowest BCUT2D eigenvalue weighted by Crippen LogP contribution is -2.19. The summed E-state index contributed by atoms with van der Waals surface area (Å²) in [5, 5.41) is 1.29. The number of likely N-dealkylation sites (tertiary alicyclic amines) is 1. The molecule has 29 heavy (non-hydrogen) atoms. The maximum atomic E-state index is 12.4. The number of phosphoric acid groups is 1. The predicted molar refractivity (Wildman–Crippen MR) is 114 cm³/mol. The first-order valence-electron chi connectivity index (χ1n) is 9.97. The molecule has 154 valence electrons. The van der Waals surface area contributed by atoms with Gasteiger partial charge >= 0.3 is 7.82 Å². The van der Waals surface area contributed by atoms with Crippen LogP contribution in [0.5, 0.6) is 5.75 Å². The molecule has 1 saturated heterocycles.